The largest absolute Gasteiger partial charge is 0.212 e. The third kappa shape index (κ3) is 24.2. The van der Waals surface area contributed by atoms with Gasteiger partial charge in [-0.15, -0.1) is 0 Å². The van der Waals surface area contributed by atoms with Crippen molar-refractivity contribution in [2.75, 3.05) is 0 Å². The Morgan fingerprint density at radius 1 is 0.274 bits per heavy atom. The predicted molar refractivity (Wildman–Crippen MR) is 480 cm³/mol. The molecule has 5 heterocycles. The van der Waals surface area contributed by atoms with Crippen LogP contribution in [0.3, 0.4) is 0 Å². The van der Waals surface area contributed by atoms with Crippen LogP contribution in [0, 0.1) is 62.7 Å². The molecule has 4 aliphatic rings. The molecule has 0 spiro atoms. The number of pyridine rings is 5. The summed E-state index contributed by atoms with van der Waals surface area (Å²) in [5.41, 5.74) is 35.1. The molecule has 4 saturated carbocycles. The molecule has 0 amide bonds. The first-order valence-electron chi connectivity index (χ1n) is 44.1. The van der Waals surface area contributed by atoms with E-state index < -0.39 is 0 Å². The lowest BCUT2D eigenvalue weighted by atomic mass is 9.81. The Bertz CT molecular complexity index is 4760. The maximum Gasteiger partial charge on any atom is 0.212 e. The van der Waals surface area contributed by atoms with E-state index >= 15 is 0 Å². The molecule has 0 radical (unpaired) electrons. The molecule has 4 aliphatic carbocycles. The fourth-order valence-electron chi connectivity index (χ4n) is 18.9. The van der Waals surface area contributed by atoms with Crippen LogP contribution in [0.4, 0.5) is 0 Å². The highest BCUT2D eigenvalue weighted by molar-refractivity contribution is 5.66. The van der Waals surface area contributed by atoms with Gasteiger partial charge in [0.1, 0.15) is 35.2 Å². The third-order valence-electron chi connectivity index (χ3n) is 24.5. The second-order valence-electron chi connectivity index (χ2n) is 39.4. The predicted octanol–water partition coefficient (Wildman–Crippen LogP) is 26.2. The zero-order valence-corrected chi connectivity index (χ0v) is 74.9. The van der Waals surface area contributed by atoms with E-state index in [9.17, 15) is 0 Å². The summed E-state index contributed by atoms with van der Waals surface area (Å²) in [5.74, 6) is 4.51. The van der Waals surface area contributed by atoms with Crippen molar-refractivity contribution in [3.05, 3.63) is 267 Å². The smallest absolute Gasteiger partial charge is 0.201 e. The zero-order valence-electron chi connectivity index (χ0n) is 74.9. The number of rotatable bonds is 16. The fourth-order valence-corrected chi connectivity index (χ4v) is 18.9. The van der Waals surface area contributed by atoms with E-state index in [-0.39, 0.29) is 5.41 Å². The fraction of sp³-hybridized carbons (Fsp3) is 0.491. The van der Waals surface area contributed by atoms with E-state index in [1.807, 2.05) is 0 Å². The Morgan fingerprint density at radius 3 is 0.912 bits per heavy atom. The number of aryl methyl sites for hydroxylation is 10. The van der Waals surface area contributed by atoms with E-state index in [4.69, 9.17) is 0 Å². The summed E-state index contributed by atoms with van der Waals surface area (Å²) < 4.78 is 11.6. The molecule has 0 N–H and O–H groups in total. The van der Waals surface area contributed by atoms with Crippen molar-refractivity contribution < 1.29 is 22.8 Å². The molecule has 10 aromatic rings. The summed E-state index contributed by atoms with van der Waals surface area (Å²) in [6.45, 7) is 41.3. The lowest BCUT2D eigenvalue weighted by molar-refractivity contribution is -0.661. The van der Waals surface area contributed by atoms with Crippen LogP contribution < -0.4 is 22.8 Å². The zero-order chi connectivity index (χ0) is 81.5. The van der Waals surface area contributed by atoms with E-state index in [1.54, 1.807) is 33.4 Å². The van der Waals surface area contributed by atoms with Crippen molar-refractivity contribution in [3.8, 4) is 56.3 Å². The molecule has 0 atom stereocenters. The van der Waals surface area contributed by atoms with Crippen LogP contribution in [0.1, 0.15) is 294 Å². The summed E-state index contributed by atoms with van der Waals surface area (Å²) in [4.78, 5) is 0. The normalized spacial score (nSPS) is 15.0. The Kier molecular flexibility index (Phi) is 30.5. The number of hydrogen-bond acceptors (Lipinski definition) is 0. The average molecular weight is 1520 g/mol. The van der Waals surface area contributed by atoms with Crippen LogP contribution in [0.25, 0.3) is 56.3 Å². The molecule has 0 unspecified atom stereocenters. The van der Waals surface area contributed by atoms with Crippen LogP contribution >= 0.6 is 0 Å². The molecule has 113 heavy (non-hydrogen) atoms. The third-order valence-corrected chi connectivity index (χ3v) is 24.5. The summed E-state index contributed by atoms with van der Waals surface area (Å²) in [6.07, 6.45) is 39.8. The second kappa shape index (κ2) is 39.5. The van der Waals surface area contributed by atoms with Crippen molar-refractivity contribution in [2.45, 2.75) is 283 Å². The first-order chi connectivity index (χ1) is 53.7. The Hall–Kier alpha value is -8.15. The molecule has 0 bridgehead atoms. The minimum atomic E-state index is 0.287. The van der Waals surface area contributed by atoms with E-state index in [1.165, 1.54) is 216 Å². The number of hydrogen-bond donors (Lipinski definition) is 0. The lowest BCUT2D eigenvalue weighted by Crippen LogP contribution is -2.33. The highest BCUT2D eigenvalue weighted by Crippen LogP contribution is 2.42. The van der Waals surface area contributed by atoms with Gasteiger partial charge >= 0.3 is 0 Å². The average Bonchev–Trinajstić information content (AvgIpc) is 1.69. The number of aromatic nitrogens is 5. The first-order valence-corrected chi connectivity index (χ1v) is 44.1. The summed E-state index contributed by atoms with van der Waals surface area (Å²) in [7, 11) is 11.0. The van der Waals surface area contributed by atoms with Gasteiger partial charge in [0.25, 0.3) is 0 Å². The Labute approximate surface area is 687 Å². The minimum Gasteiger partial charge on any atom is -0.201 e. The van der Waals surface area contributed by atoms with Gasteiger partial charge in [-0.1, -0.05) is 232 Å². The molecule has 0 saturated heterocycles. The van der Waals surface area contributed by atoms with Gasteiger partial charge in [-0.25, -0.2) is 22.8 Å². The van der Waals surface area contributed by atoms with E-state index in [2.05, 4.69) is 371 Å². The first kappa shape index (κ1) is 87.2. The van der Waals surface area contributed by atoms with Gasteiger partial charge in [0.05, 0.1) is 0 Å². The van der Waals surface area contributed by atoms with Gasteiger partial charge in [0.15, 0.2) is 31.0 Å². The monoisotopic (exact) mass is 1520 g/mol. The Morgan fingerprint density at radius 2 is 0.549 bits per heavy atom. The van der Waals surface area contributed by atoms with Crippen LogP contribution in [0.5, 0.6) is 0 Å². The van der Waals surface area contributed by atoms with Gasteiger partial charge in [-0.2, -0.15) is 0 Å². The van der Waals surface area contributed by atoms with Crippen molar-refractivity contribution in [2.24, 2.45) is 63.3 Å². The van der Waals surface area contributed by atoms with Crippen LogP contribution in [0.2, 0.25) is 0 Å². The van der Waals surface area contributed by atoms with E-state index in [0.29, 0.717) is 22.7 Å². The maximum atomic E-state index is 2.50. The molecule has 4 fully saturated rings. The second-order valence-corrected chi connectivity index (χ2v) is 39.4. The summed E-state index contributed by atoms with van der Waals surface area (Å²) >= 11 is 0. The van der Waals surface area contributed by atoms with E-state index in [0.717, 1.165) is 42.9 Å². The van der Waals surface area contributed by atoms with Gasteiger partial charge < -0.3 is 0 Å². The molecule has 5 aromatic heterocycles. The van der Waals surface area contributed by atoms with Crippen molar-refractivity contribution in [3.63, 3.8) is 0 Å². The highest BCUT2D eigenvalue weighted by Gasteiger charge is 2.32. The molecular weight excluding hydrogens is 1370 g/mol. The molecule has 600 valence electrons. The number of nitrogens with zero attached hydrogens (tertiary/aromatic N) is 5. The van der Waals surface area contributed by atoms with Crippen molar-refractivity contribution in [1.82, 2.24) is 0 Å². The van der Waals surface area contributed by atoms with Crippen molar-refractivity contribution in [1.29, 1.82) is 0 Å². The molecule has 5 nitrogen and oxygen atoms in total. The maximum absolute atomic E-state index is 2.50. The van der Waals surface area contributed by atoms with Crippen LogP contribution in [-0.4, -0.2) is 0 Å². The van der Waals surface area contributed by atoms with Gasteiger partial charge in [-0.3, -0.25) is 0 Å². The van der Waals surface area contributed by atoms with Gasteiger partial charge in [0, 0.05) is 86.0 Å². The lowest BCUT2D eigenvalue weighted by Gasteiger charge is -2.24. The number of benzene rings is 5. The topological polar surface area (TPSA) is 19.4 Å². The van der Waals surface area contributed by atoms with Crippen LogP contribution in [0.15, 0.2) is 189 Å². The van der Waals surface area contributed by atoms with Gasteiger partial charge in [-0.05, 0) is 256 Å². The summed E-state index contributed by atoms with van der Waals surface area (Å²) in [5, 5.41) is 0. The molecule has 14 rings (SSSR count). The summed E-state index contributed by atoms with van der Waals surface area (Å²) in [6, 6.07) is 58.0. The molecule has 5 aromatic carbocycles. The quantitative estimate of drug-likeness (QED) is 0.0859. The SMILES string of the molecule is Cc1ccccc1-c1cc(C2CCCC2)c(CC(C)C)c[n+]1C.Cc1ccccc1-c1cc(CC(C)(C)C)c(C2CCCC2)c[n+]1C.Cc1ccccc1-c1cc(CC(C)(C)C)c(CC(C)(C)C)c[n+]1C.Cc1ccccc1-c1cc(CC(C)C)c(C2CCCC2)c[n+]1C.Cc1ccccc1-c1ccc(C2CCCC2)c[n+]1C. The Balaban J connectivity index is 0.000000150. The minimum absolute atomic E-state index is 0.287. The van der Waals surface area contributed by atoms with Crippen LogP contribution in [-0.2, 0) is 67.3 Å². The van der Waals surface area contributed by atoms with Crippen molar-refractivity contribution >= 4 is 0 Å². The highest BCUT2D eigenvalue weighted by atomic mass is 14.9. The molecular formula is C108H148N5+5. The van der Waals surface area contributed by atoms with Gasteiger partial charge in [0.2, 0.25) is 28.5 Å². The standard InChI is InChI=1S/C23H32N.C23H34N.2C22H30N.C18H22N/c1-17-10-6-9-13-20(17)22-14-19(15-23(2,3)4)21(16-24(22)5)18-11-7-8-12-18;1-17-11-9-10-12-20(17)21-13-18(14-22(2,3)4)19(16-24(21)8)15-23(5,6)7;1-16(2)13-19-15-23(4)22(20-12-8-5-9-17(20)3)14-21(19)18-10-6-7-11-18;1-16(2)13-19-14-22(20-12-8-5-9-17(20)3)23(4)15-21(19)18-10-6-7-11-18;1-14-7-3-6-10-17(14)18-12-11-16(13-19(18)2)15-8-4-5-9-15/h6,9-10,13-14,16,18H,7-8,11-12,15H2,1-5H3;9-13,16H,14-15H2,1-8H3;2*5,8-9,12,14-16,18H,6-7,10-11,13H2,1-4H3;3,6-7,10-13,15H,4-5,8-9H2,1-2H3/q5*+1. The molecule has 0 aliphatic heterocycles. The molecule has 5 heteroatoms.